The number of carbonyl (C=O) groups excluding carboxylic acids is 1. The summed E-state index contributed by atoms with van der Waals surface area (Å²) in [7, 11) is 0. The lowest BCUT2D eigenvalue weighted by molar-refractivity contribution is 0.102. The van der Waals surface area contributed by atoms with Crippen molar-refractivity contribution in [3.8, 4) is 5.75 Å². The monoisotopic (exact) mass is 383 g/mol. The number of aryl methyl sites for hydroxylation is 2. The van der Waals surface area contributed by atoms with Crippen molar-refractivity contribution in [3.05, 3.63) is 76.1 Å². The van der Waals surface area contributed by atoms with Crippen LogP contribution < -0.4 is 10.1 Å². The lowest BCUT2D eigenvalue weighted by Crippen LogP contribution is -2.13. The number of hydrogen-bond acceptors (Lipinski definition) is 3. The molecule has 27 heavy (non-hydrogen) atoms. The SMILES string of the molecule is CCn1ncc(NC(=O)c2cccc(COc3cc(C)ccc3Cl)c2)c1C. The molecule has 0 spiro atoms. The highest BCUT2D eigenvalue weighted by Gasteiger charge is 2.12. The fourth-order valence-corrected chi connectivity index (χ4v) is 2.94. The molecule has 0 aliphatic rings. The van der Waals surface area contributed by atoms with Gasteiger partial charge in [0, 0.05) is 12.1 Å². The minimum atomic E-state index is -0.177. The molecule has 3 rings (SSSR count). The van der Waals surface area contributed by atoms with E-state index in [-0.39, 0.29) is 5.91 Å². The van der Waals surface area contributed by atoms with E-state index in [9.17, 15) is 4.79 Å². The van der Waals surface area contributed by atoms with Crippen LogP contribution in [0, 0.1) is 13.8 Å². The molecule has 5 nitrogen and oxygen atoms in total. The standard InChI is InChI=1S/C21H22ClN3O2/c1-4-25-15(3)19(12-23-25)24-21(26)17-7-5-6-16(11-17)13-27-20-10-14(2)8-9-18(20)22/h5-12H,4,13H2,1-3H3,(H,24,26). The second kappa shape index (κ2) is 8.27. The number of carbonyl (C=O) groups is 1. The minimum absolute atomic E-state index is 0.177. The highest BCUT2D eigenvalue weighted by Crippen LogP contribution is 2.26. The molecule has 0 bridgehead atoms. The maximum absolute atomic E-state index is 12.6. The summed E-state index contributed by atoms with van der Waals surface area (Å²) >= 11 is 6.17. The molecule has 0 fully saturated rings. The van der Waals surface area contributed by atoms with Gasteiger partial charge in [-0.05, 0) is 56.2 Å². The lowest BCUT2D eigenvalue weighted by Gasteiger charge is -2.10. The molecule has 0 unspecified atom stereocenters. The second-order valence-electron chi connectivity index (χ2n) is 6.34. The van der Waals surface area contributed by atoms with Gasteiger partial charge in [-0.1, -0.05) is 29.8 Å². The van der Waals surface area contributed by atoms with E-state index >= 15 is 0 Å². The van der Waals surface area contributed by atoms with E-state index in [1.807, 2.05) is 61.9 Å². The van der Waals surface area contributed by atoms with E-state index in [4.69, 9.17) is 16.3 Å². The van der Waals surface area contributed by atoms with Crippen LogP contribution in [0.4, 0.5) is 5.69 Å². The highest BCUT2D eigenvalue weighted by molar-refractivity contribution is 6.32. The summed E-state index contributed by atoms with van der Waals surface area (Å²) in [6.45, 7) is 7.02. The number of ether oxygens (including phenoxy) is 1. The van der Waals surface area contributed by atoms with Gasteiger partial charge in [0.2, 0.25) is 0 Å². The van der Waals surface area contributed by atoms with Crippen molar-refractivity contribution in [3.63, 3.8) is 0 Å². The molecule has 0 saturated carbocycles. The number of nitrogens with zero attached hydrogens (tertiary/aromatic N) is 2. The Morgan fingerprint density at radius 1 is 1.22 bits per heavy atom. The molecular weight excluding hydrogens is 362 g/mol. The Bertz CT molecular complexity index is 966. The Morgan fingerprint density at radius 3 is 2.78 bits per heavy atom. The van der Waals surface area contributed by atoms with E-state index in [0.717, 1.165) is 29.1 Å². The van der Waals surface area contributed by atoms with E-state index < -0.39 is 0 Å². The van der Waals surface area contributed by atoms with Gasteiger partial charge in [0.25, 0.3) is 5.91 Å². The molecule has 6 heteroatoms. The molecule has 3 aromatic rings. The number of hydrogen-bond donors (Lipinski definition) is 1. The van der Waals surface area contributed by atoms with E-state index in [1.54, 1.807) is 12.3 Å². The fraction of sp³-hybridized carbons (Fsp3) is 0.238. The lowest BCUT2D eigenvalue weighted by atomic mass is 10.1. The van der Waals surface area contributed by atoms with Crippen molar-refractivity contribution in [2.75, 3.05) is 5.32 Å². The normalized spacial score (nSPS) is 10.7. The average molecular weight is 384 g/mol. The van der Waals surface area contributed by atoms with Crippen LogP contribution in [-0.2, 0) is 13.2 Å². The predicted octanol–water partition coefficient (Wildman–Crippen LogP) is 5.00. The number of aromatic nitrogens is 2. The van der Waals surface area contributed by atoms with Gasteiger partial charge in [0.05, 0.1) is 22.6 Å². The largest absolute Gasteiger partial charge is 0.487 e. The molecule has 1 heterocycles. The summed E-state index contributed by atoms with van der Waals surface area (Å²) in [6.07, 6.45) is 1.67. The first-order chi connectivity index (χ1) is 13.0. The molecule has 0 aliphatic heterocycles. The van der Waals surface area contributed by atoms with Crippen LogP contribution in [0.5, 0.6) is 5.75 Å². The van der Waals surface area contributed by atoms with Crippen LogP contribution in [0.2, 0.25) is 5.02 Å². The summed E-state index contributed by atoms with van der Waals surface area (Å²) in [6, 6.07) is 13.0. The van der Waals surface area contributed by atoms with Crippen molar-refractivity contribution < 1.29 is 9.53 Å². The number of benzene rings is 2. The first-order valence-electron chi connectivity index (χ1n) is 8.79. The van der Waals surface area contributed by atoms with Crippen LogP contribution in [-0.4, -0.2) is 15.7 Å². The zero-order chi connectivity index (χ0) is 19.4. The molecule has 1 N–H and O–H groups in total. The van der Waals surface area contributed by atoms with Crippen LogP contribution >= 0.6 is 11.6 Å². The van der Waals surface area contributed by atoms with Crippen LogP contribution in [0.25, 0.3) is 0 Å². The van der Waals surface area contributed by atoms with Crippen molar-refractivity contribution in [1.29, 1.82) is 0 Å². The van der Waals surface area contributed by atoms with Gasteiger partial charge in [-0.2, -0.15) is 5.10 Å². The Balaban J connectivity index is 1.70. The van der Waals surface area contributed by atoms with Crippen molar-refractivity contribution in [1.82, 2.24) is 9.78 Å². The van der Waals surface area contributed by atoms with Crippen LogP contribution in [0.1, 0.15) is 34.1 Å². The molecule has 0 saturated heterocycles. The number of halogens is 1. The molecule has 1 amide bonds. The first-order valence-corrected chi connectivity index (χ1v) is 9.17. The molecular formula is C21H22ClN3O2. The molecule has 1 aromatic heterocycles. The predicted molar refractivity (Wildman–Crippen MR) is 108 cm³/mol. The summed E-state index contributed by atoms with van der Waals surface area (Å²) < 4.78 is 7.66. The topological polar surface area (TPSA) is 56.2 Å². The second-order valence-corrected chi connectivity index (χ2v) is 6.74. The molecule has 140 valence electrons. The number of nitrogens with one attached hydrogen (secondary N) is 1. The van der Waals surface area contributed by atoms with Crippen molar-refractivity contribution >= 4 is 23.2 Å². The summed E-state index contributed by atoms with van der Waals surface area (Å²) in [5, 5.41) is 7.73. The molecule has 2 aromatic carbocycles. The minimum Gasteiger partial charge on any atom is -0.487 e. The van der Waals surface area contributed by atoms with E-state index in [2.05, 4.69) is 10.4 Å². The molecule has 0 radical (unpaired) electrons. The van der Waals surface area contributed by atoms with Crippen molar-refractivity contribution in [2.24, 2.45) is 0 Å². The summed E-state index contributed by atoms with van der Waals surface area (Å²) in [5.41, 5.74) is 4.18. The zero-order valence-electron chi connectivity index (χ0n) is 15.6. The molecule has 0 atom stereocenters. The van der Waals surface area contributed by atoms with Crippen molar-refractivity contribution in [2.45, 2.75) is 33.9 Å². The third kappa shape index (κ3) is 4.49. The van der Waals surface area contributed by atoms with Gasteiger partial charge in [-0.3, -0.25) is 9.48 Å². The number of amides is 1. The zero-order valence-corrected chi connectivity index (χ0v) is 16.4. The van der Waals surface area contributed by atoms with Gasteiger partial charge >= 0.3 is 0 Å². The van der Waals surface area contributed by atoms with Gasteiger partial charge in [-0.15, -0.1) is 0 Å². The van der Waals surface area contributed by atoms with Gasteiger partial charge < -0.3 is 10.1 Å². The third-order valence-corrected chi connectivity index (χ3v) is 4.63. The highest BCUT2D eigenvalue weighted by atomic mass is 35.5. The fourth-order valence-electron chi connectivity index (χ4n) is 2.77. The Labute approximate surface area is 163 Å². The summed E-state index contributed by atoms with van der Waals surface area (Å²) in [5.74, 6) is 0.457. The third-order valence-electron chi connectivity index (χ3n) is 4.32. The molecule has 0 aliphatic carbocycles. The number of anilines is 1. The van der Waals surface area contributed by atoms with Crippen LogP contribution in [0.3, 0.4) is 0 Å². The van der Waals surface area contributed by atoms with Crippen LogP contribution in [0.15, 0.2) is 48.7 Å². The maximum atomic E-state index is 12.6. The van der Waals surface area contributed by atoms with Gasteiger partial charge in [0.15, 0.2) is 0 Å². The maximum Gasteiger partial charge on any atom is 0.255 e. The van der Waals surface area contributed by atoms with E-state index in [0.29, 0.717) is 22.9 Å². The van der Waals surface area contributed by atoms with Gasteiger partial charge in [-0.25, -0.2) is 0 Å². The average Bonchev–Trinajstić information content (AvgIpc) is 3.02. The Kier molecular flexibility index (Phi) is 5.81. The Morgan fingerprint density at radius 2 is 2.04 bits per heavy atom. The smallest absolute Gasteiger partial charge is 0.255 e. The Hall–Kier alpha value is -2.79. The van der Waals surface area contributed by atoms with Gasteiger partial charge in [0.1, 0.15) is 12.4 Å². The van der Waals surface area contributed by atoms with E-state index in [1.165, 1.54) is 0 Å². The summed E-state index contributed by atoms with van der Waals surface area (Å²) in [4.78, 5) is 12.6. The quantitative estimate of drug-likeness (QED) is 0.651. The number of rotatable bonds is 6. The first kappa shape index (κ1) is 19.0.